The fourth-order valence-corrected chi connectivity index (χ4v) is 2.66. The molecule has 122 valence electrons. The molecule has 0 radical (unpaired) electrons. The Labute approximate surface area is 135 Å². The van der Waals surface area contributed by atoms with Crippen molar-refractivity contribution in [2.45, 2.75) is 12.5 Å². The van der Waals surface area contributed by atoms with E-state index in [9.17, 15) is 9.59 Å². The van der Waals surface area contributed by atoms with Gasteiger partial charge in [0.2, 0.25) is 11.9 Å². The molecule has 3 rings (SSSR count). The number of nitrogens with zero attached hydrogens (tertiary/aromatic N) is 3. The molecule has 0 bridgehead atoms. The van der Waals surface area contributed by atoms with Crippen LogP contribution in [0, 0.1) is 0 Å². The first-order chi connectivity index (χ1) is 11.1. The molecular weight excluding hydrogens is 294 g/mol. The zero-order valence-corrected chi connectivity index (χ0v) is 13.2. The van der Waals surface area contributed by atoms with E-state index in [1.54, 1.807) is 0 Å². The first-order valence-corrected chi connectivity index (χ1v) is 7.79. The van der Waals surface area contributed by atoms with E-state index >= 15 is 0 Å². The predicted molar refractivity (Wildman–Crippen MR) is 88.1 cm³/mol. The summed E-state index contributed by atoms with van der Waals surface area (Å²) in [5, 5.41) is 5.58. The summed E-state index contributed by atoms with van der Waals surface area (Å²) in [4.78, 5) is 32.8. The van der Waals surface area contributed by atoms with Crippen molar-refractivity contribution < 1.29 is 9.59 Å². The molecule has 1 saturated heterocycles. The molecule has 2 amide bonds. The van der Waals surface area contributed by atoms with Crippen LogP contribution in [0.4, 0.5) is 5.69 Å². The SMILES string of the molecule is CN1CCN(C2=N[C@H](CC(=O)Nc3ccccc3)C(=O)N2)CC1. The van der Waals surface area contributed by atoms with Gasteiger partial charge in [0, 0.05) is 31.9 Å². The van der Waals surface area contributed by atoms with Crippen LogP contribution in [0.1, 0.15) is 6.42 Å². The molecule has 1 fully saturated rings. The molecule has 0 aliphatic carbocycles. The van der Waals surface area contributed by atoms with Crippen LogP contribution >= 0.6 is 0 Å². The van der Waals surface area contributed by atoms with Gasteiger partial charge < -0.3 is 15.1 Å². The number of carbonyl (C=O) groups excluding carboxylic acids is 2. The zero-order valence-electron chi connectivity index (χ0n) is 13.2. The summed E-state index contributed by atoms with van der Waals surface area (Å²) in [6, 6.07) is 8.56. The third-order valence-corrected chi connectivity index (χ3v) is 4.05. The average Bonchev–Trinajstić information content (AvgIpc) is 2.90. The van der Waals surface area contributed by atoms with Crippen LogP contribution in [0.3, 0.4) is 0 Å². The van der Waals surface area contributed by atoms with Crippen molar-refractivity contribution in [2.75, 3.05) is 38.5 Å². The largest absolute Gasteiger partial charge is 0.340 e. The summed E-state index contributed by atoms with van der Waals surface area (Å²) in [6.45, 7) is 3.54. The lowest BCUT2D eigenvalue weighted by molar-refractivity contribution is -0.124. The number of hydrogen-bond donors (Lipinski definition) is 2. The highest BCUT2D eigenvalue weighted by Crippen LogP contribution is 2.12. The van der Waals surface area contributed by atoms with Crippen molar-refractivity contribution in [3.8, 4) is 0 Å². The molecule has 2 aliphatic heterocycles. The molecular formula is C16H21N5O2. The monoisotopic (exact) mass is 315 g/mol. The van der Waals surface area contributed by atoms with Crippen molar-refractivity contribution >= 4 is 23.5 Å². The zero-order chi connectivity index (χ0) is 16.2. The first-order valence-electron chi connectivity index (χ1n) is 7.79. The van der Waals surface area contributed by atoms with Crippen LogP contribution in [-0.2, 0) is 9.59 Å². The van der Waals surface area contributed by atoms with Gasteiger partial charge in [-0.1, -0.05) is 18.2 Å². The van der Waals surface area contributed by atoms with Gasteiger partial charge >= 0.3 is 0 Å². The van der Waals surface area contributed by atoms with E-state index in [4.69, 9.17) is 0 Å². The number of amides is 2. The highest BCUT2D eigenvalue weighted by molar-refractivity contribution is 6.07. The van der Waals surface area contributed by atoms with Crippen LogP contribution in [-0.4, -0.2) is 66.8 Å². The van der Waals surface area contributed by atoms with Crippen LogP contribution in [0.5, 0.6) is 0 Å². The van der Waals surface area contributed by atoms with Crippen LogP contribution < -0.4 is 10.6 Å². The lowest BCUT2D eigenvalue weighted by Crippen LogP contribution is -2.50. The fraction of sp³-hybridized carbons (Fsp3) is 0.438. The lowest BCUT2D eigenvalue weighted by atomic mass is 10.2. The number of guanidine groups is 1. The number of rotatable bonds is 3. The Morgan fingerprint density at radius 2 is 1.96 bits per heavy atom. The van der Waals surface area contributed by atoms with Gasteiger partial charge in [-0.2, -0.15) is 0 Å². The molecule has 7 nitrogen and oxygen atoms in total. The Hall–Kier alpha value is -2.41. The van der Waals surface area contributed by atoms with E-state index in [2.05, 4.69) is 32.5 Å². The van der Waals surface area contributed by atoms with Gasteiger partial charge in [0.25, 0.3) is 5.91 Å². The quantitative estimate of drug-likeness (QED) is 0.830. The number of piperazine rings is 1. The fourth-order valence-electron chi connectivity index (χ4n) is 2.66. The maximum atomic E-state index is 12.1. The topological polar surface area (TPSA) is 77.0 Å². The second-order valence-corrected chi connectivity index (χ2v) is 5.87. The number of carbonyl (C=O) groups is 2. The van der Waals surface area contributed by atoms with E-state index in [0.29, 0.717) is 5.96 Å². The summed E-state index contributed by atoms with van der Waals surface area (Å²) in [5.41, 5.74) is 0.721. The smallest absolute Gasteiger partial charge is 0.252 e. The highest BCUT2D eigenvalue weighted by Gasteiger charge is 2.31. The molecule has 0 saturated carbocycles. The Morgan fingerprint density at radius 1 is 1.26 bits per heavy atom. The summed E-state index contributed by atoms with van der Waals surface area (Å²) in [5.74, 6) is 0.183. The second kappa shape index (κ2) is 6.78. The Balaban J connectivity index is 1.57. The van der Waals surface area contributed by atoms with Gasteiger partial charge in [-0.25, -0.2) is 4.99 Å². The maximum Gasteiger partial charge on any atom is 0.252 e. The van der Waals surface area contributed by atoms with E-state index in [1.165, 1.54) is 0 Å². The molecule has 0 unspecified atom stereocenters. The normalized spacial score (nSPS) is 21.8. The van der Waals surface area contributed by atoms with Gasteiger partial charge in [0.1, 0.15) is 6.04 Å². The predicted octanol–water partition coefficient (Wildman–Crippen LogP) is 0.117. The number of anilines is 1. The van der Waals surface area contributed by atoms with E-state index < -0.39 is 6.04 Å². The summed E-state index contributed by atoms with van der Waals surface area (Å²) in [6.07, 6.45) is 0.0535. The molecule has 1 atom stereocenters. The number of hydrogen-bond acceptors (Lipinski definition) is 5. The average molecular weight is 315 g/mol. The van der Waals surface area contributed by atoms with Gasteiger partial charge in [-0.15, -0.1) is 0 Å². The van der Waals surface area contributed by atoms with Crippen LogP contribution in [0.25, 0.3) is 0 Å². The molecule has 1 aromatic carbocycles. The summed E-state index contributed by atoms with van der Waals surface area (Å²) >= 11 is 0. The lowest BCUT2D eigenvalue weighted by Gasteiger charge is -2.33. The first kappa shape index (κ1) is 15.5. The molecule has 23 heavy (non-hydrogen) atoms. The molecule has 2 aliphatic rings. The molecule has 2 heterocycles. The Bertz CT molecular complexity index is 608. The number of aliphatic imine (C=N–C) groups is 1. The third kappa shape index (κ3) is 3.87. The number of para-hydroxylation sites is 1. The third-order valence-electron chi connectivity index (χ3n) is 4.05. The minimum Gasteiger partial charge on any atom is -0.340 e. The molecule has 2 N–H and O–H groups in total. The van der Waals surface area contributed by atoms with Crippen LogP contribution in [0.2, 0.25) is 0 Å². The van der Waals surface area contributed by atoms with Gasteiger partial charge in [0.15, 0.2) is 0 Å². The van der Waals surface area contributed by atoms with E-state index in [-0.39, 0.29) is 18.2 Å². The second-order valence-electron chi connectivity index (χ2n) is 5.87. The molecule has 0 spiro atoms. The molecule has 7 heteroatoms. The van der Waals surface area contributed by atoms with Crippen LogP contribution in [0.15, 0.2) is 35.3 Å². The van der Waals surface area contributed by atoms with Crippen molar-refractivity contribution in [3.63, 3.8) is 0 Å². The number of benzene rings is 1. The summed E-state index contributed by atoms with van der Waals surface area (Å²) < 4.78 is 0. The Morgan fingerprint density at radius 3 is 2.65 bits per heavy atom. The Kier molecular flexibility index (Phi) is 4.57. The van der Waals surface area contributed by atoms with E-state index in [0.717, 1.165) is 31.9 Å². The van der Waals surface area contributed by atoms with Crippen molar-refractivity contribution in [3.05, 3.63) is 30.3 Å². The molecule has 1 aromatic rings. The number of likely N-dealkylation sites (N-methyl/N-ethyl adjacent to an activating group) is 1. The minimum absolute atomic E-state index is 0.0535. The summed E-state index contributed by atoms with van der Waals surface area (Å²) in [7, 11) is 2.07. The highest BCUT2D eigenvalue weighted by atomic mass is 16.2. The van der Waals surface area contributed by atoms with E-state index in [1.807, 2.05) is 30.3 Å². The minimum atomic E-state index is -0.645. The maximum absolute atomic E-state index is 12.1. The van der Waals surface area contributed by atoms with Gasteiger partial charge in [-0.3, -0.25) is 14.9 Å². The standard InChI is InChI=1S/C16H21N5O2/c1-20-7-9-21(10-8-20)16-18-13(15(23)19-16)11-14(22)17-12-5-3-2-4-6-12/h2-6,13H,7-11H2,1H3,(H,17,22)(H,18,19,23)/t13-/m1/s1. The van der Waals surface area contributed by atoms with Gasteiger partial charge in [0.05, 0.1) is 6.42 Å². The van der Waals surface area contributed by atoms with Crippen molar-refractivity contribution in [2.24, 2.45) is 4.99 Å². The molecule has 0 aromatic heterocycles. The van der Waals surface area contributed by atoms with Crippen molar-refractivity contribution in [1.29, 1.82) is 0 Å². The number of nitrogens with one attached hydrogen (secondary N) is 2. The van der Waals surface area contributed by atoms with Crippen molar-refractivity contribution in [1.82, 2.24) is 15.1 Å². The van der Waals surface area contributed by atoms with Gasteiger partial charge in [-0.05, 0) is 19.2 Å².